The lowest BCUT2D eigenvalue weighted by Crippen LogP contribution is -2.36. The number of fused-ring (bicyclic) bond motifs is 1. The first-order valence-corrected chi connectivity index (χ1v) is 9.88. The van der Waals surface area contributed by atoms with Gasteiger partial charge in [0.1, 0.15) is 0 Å². The van der Waals surface area contributed by atoms with Crippen molar-refractivity contribution in [1.29, 1.82) is 0 Å². The molecule has 0 aliphatic heterocycles. The summed E-state index contributed by atoms with van der Waals surface area (Å²) in [5.41, 5.74) is 0.498. The third-order valence-electron chi connectivity index (χ3n) is 6.45. The fraction of sp³-hybridized carbons (Fsp3) is 0.632. The molecular formula is C19H22BrN2O3-. The predicted molar refractivity (Wildman–Crippen MR) is 97.9 cm³/mol. The fourth-order valence-electron chi connectivity index (χ4n) is 5.64. The van der Waals surface area contributed by atoms with E-state index in [0.29, 0.717) is 5.56 Å². The normalized spacial score (nSPS) is 33.7. The van der Waals surface area contributed by atoms with Crippen LogP contribution in [0.1, 0.15) is 50.5 Å². The Hall–Kier alpha value is -1.43. The highest BCUT2D eigenvalue weighted by Crippen LogP contribution is 2.57. The molecule has 0 N–H and O–H groups in total. The number of halogens is 1. The standard InChI is InChI=1S/C19H23BrN2O3/c20-17-7-16(22(24)25)6-15(18(17)23)10-21-11-19-2-1-12-3-13(8-19)5-14(4-12)9-19/h6-7,10,12-14,23H,1-5,8-9,11H2/p-1/t12?,13-,14-,19?/m0/s1. The molecule has 4 bridgehead atoms. The zero-order chi connectivity index (χ0) is 17.6. The maximum atomic E-state index is 12.2. The summed E-state index contributed by atoms with van der Waals surface area (Å²) in [6, 6.07) is 2.57. The van der Waals surface area contributed by atoms with E-state index in [2.05, 4.69) is 20.9 Å². The number of aliphatic imine (C=N–C) groups is 1. The van der Waals surface area contributed by atoms with Gasteiger partial charge >= 0.3 is 0 Å². The van der Waals surface area contributed by atoms with Crippen molar-refractivity contribution in [3.05, 3.63) is 32.3 Å². The molecule has 2 atom stereocenters. The SMILES string of the molecule is O=[N+]([O-])c1cc(Br)c([O-])c(C=NCC23CCC4C[C@@H](C[C@H](C4)C2)C3)c1. The molecule has 4 fully saturated rings. The van der Waals surface area contributed by atoms with Crippen LogP contribution in [0.5, 0.6) is 5.75 Å². The third kappa shape index (κ3) is 3.33. The molecule has 0 heterocycles. The first-order chi connectivity index (χ1) is 11.9. The highest BCUT2D eigenvalue weighted by molar-refractivity contribution is 9.10. The van der Waals surface area contributed by atoms with Crippen LogP contribution < -0.4 is 5.11 Å². The van der Waals surface area contributed by atoms with Crippen LogP contribution in [-0.4, -0.2) is 17.7 Å². The Morgan fingerprint density at radius 2 is 1.92 bits per heavy atom. The predicted octanol–water partition coefficient (Wildman–Crippen LogP) is 4.46. The number of non-ortho nitro benzene ring substituents is 1. The summed E-state index contributed by atoms with van der Waals surface area (Å²) in [4.78, 5) is 15.1. The van der Waals surface area contributed by atoms with Gasteiger partial charge in [0.25, 0.3) is 5.69 Å². The molecular weight excluding hydrogens is 384 g/mol. The molecule has 6 heteroatoms. The van der Waals surface area contributed by atoms with Gasteiger partial charge < -0.3 is 5.11 Å². The number of nitro groups is 1. The smallest absolute Gasteiger partial charge is 0.271 e. The number of nitro benzene ring substituents is 1. The second kappa shape index (κ2) is 6.38. The fourth-order valence-corrected chi connectivity index (χ4v) is 6.10. The number of hydrogen-bond donors (Lipinski definition) is 0. The molecule has 4 aliphatic carbocycles. The van der Waals surface area contributed by atoms with E-state index in [1.54, 1.807) is 6.21 Å². The van der Waals surface area contributed by atoms with E-state index in [1.807, 2.05) is 0 Å². The summed E-state index contributed by atoms with van der Waals surface area (Å²) in [7, 11) is 0. The van der Waals surface area contributed by atoms with E-state index < -0.39 is 4.92 Å². The molecule has 0 saturated heterocycles. The molecule has 1 aromatic rings. The molecule has 5 nitrogen and oxygen atoms in total. The summed E-state index contributed by atoms with van der Waals surface area (Å²) in [5.74, 6) is 2.39. The summed E-state index contributed by atoms with van der Waals surface area (Å²) in [6.45, 7) is 0.743. The van der Waals surface area contributed by atoms with Gasteiger partial charge in [0.2, 0.25) is 0 Å². The van der Waals surface area contributed by atoms with Gasteiger partial charge in [-0.1, -0.05) is 21.7 Å². The molecule has 0 unspecified atom stereocenters. The van der Waals surface area contributed by atoms with Crippen LogP contribution >= 0.6 is 15.9 Å². The van der Waals surface area contributed by atoms with Crippen LogP contribution in [0.15, 0.2) is 21.6 Å². The maximum absolute atomic E-state index is 12.2. The third-order valence-corrected chi connectivity index (χ3v) is 7.04. The van der Waals surface area contributed by atoms with Crippen molar-refractivity contribution >= 4 is 27.8 Å². The van der Waals surface area contributed by atoms with Gasteiger partial charge in [0.05, 0.1) is 4.92 Å². The minimum Gasteiger partial charge on any atom is -0.871 e. The van der Waals surface area contributed by atoms with Gasteiger partial charge in [0, 0.05) is 29.4 Å². The number of rotatable bonds is 4. The molecule has 134 valence electrons. The molecule has 0 amide bonds. The van der Waals surface area contributed by atoms with Crippen molar-refractivity contribution in [2.24, 2.45) is 28.2 Å². The van der Waals surface area contributed by atoms with E-state index in [1.165, 1.54) is 57.1 Å². The number of nitrogens with zero attached hydrogens (tertiary/aromatic N) is 2. The van der Waals surface area contributed by atoms with Crippen molar-refractivity contribution in [1.82, 2.24) is 0 Å². The van der Waals surface area contributed by atoms with Gasteiger partial charge in [-0.15, -0.1) is 0 Å². The molecule has 0 spiro atoms. The van der Waals surface area contributed by atoms with Crippen molar-refractivity contribution in [2.75, 3.05) is 6.54 Å². The van der Waals surface area contributed by atoms with Crippen molar-refractivity contribution < 1.29 is 10.0 Å². The van der Waals surface area contributed by atoms with Crippen molar-refractivity contribution in [3.8, 4) is 5.75 Å². The van der Waals surface area contributed by atoms with Crippen molar-refractivity contribution in [3.63, 3.8) is 0 Å². The quantitative estimate of drug-likeness (QED) is 0.421. The highest BCUT2D eigenvalue weighted by Gasteiger charge is 2.47. The van der Waals surface area contributed by atoms with Gasteiger partial charge in [-0.3, -0.25) is 15.1 Å². The Morgan fingerprint density at radius 1 is 1.24 bits per heavy atom. The average molecular weight is 406 g/mol. The van der Waals surface area contributed by atoms with E-state index in [9.17, 15) is 15.2 Å². The van der Waals surface area contributed by atoms with Crippen LogP contribution in [0.3, 0.4) is 0 Å². The van der Waals surface area contributed by atoms with Gasteiger partial charge in [-0.25, -0.2) is 0 Å². The summed E-state index contributed by atoms with van der Waals surface area (Å²) in [5, 5.41) is 23.2. The Morgan fingerprint density at radius 3 is 2.60 bits per heavy atom. The lowest BCUT2D eigenvalue weighted by Gasteiger charge is -2.44. The zero-order valence-electron chi connectivity index (χ0n) is 14.1. The van der Waals surface area contributed by atoms with Gasteiger partial charge in [0.15, 0.2) is 0 Å². The molecule has 4 saturated carbocycles. The maximum Gasteiger partial charge on any atom is 0.271 e. The van der Waals surface area contributed by atoms with Crippen LogP contribution in [0, 0.1) is 33.3 Å². The first-order valence-electron chi connectivity index (χ1n) is 9.09. The largest absolute Gasteiger partial charge is 0.871 e. The summed E-state index contributed by atoms with van der Waals surface area (Å²) in [6.07, 6.45) is 10.8. The minimum atomic E-state index is -0.482. The Labute approximate surface area is 155 Å². The van der Waals surface area contributed by atoms with E-state index in [0.717, 1.165) is 24.3 Å². The first kappa shape index (κ1) is 17.0. The minimum absolute atomic E-state index is 0.0842. The highest BCUT2D eigenvalue weighted by atomic mass is 79.9. The Balaban J connectivity index is 1.54. The molecule has 25 heavy (non-hydrogen) atoms. The van der Waals surface area contributed by atoms with E-state index in [4.69, 9.17) is 0 Å². The van der Waals surface area contributed by atoms with Crippen LogP contribution in [0.2, 0.25) is 0 Å². The second-order valence-corrected chi connectivity index (χ2v) is 9.18. The lowest BCUT2D eigenvalue weighted by molar-refractivity contribution is -0.385. The molecule has 1 aromatic carbocycles. The average Bonchev–Trinajstić information content (AvgIpc) is 2.75. The van der Waals surface area contributed by atoms with Crippen LogP contribution in [0.25, 0.3) is 0 Å². The summed E-state index contributed by atoms with van der Waals surface area (Å²) < 4.78 is 0.217. The number of hydrogen-bond acceptors (Lipinski definition) is 4. The lowest BCUT2D eigenvalue weighted by atomic mass is 9.61. The Bertz CT molecular complexity index is 720. The monoisotopic (exact) mass is 405 g/mol. The second-order valence-electron chi connectivity index (χ2n) is 8.32. The van der Waals surface area contributed by atoms with E-state index in [-0.39, 0.29) is 21.3 Å². The Kier molecular flexibility index (Phi) is 4.34. The molecule has 4 aliphatic rings. The van der Waals surface area contributed by atoms with Gasteiger partial charge in [-0.2, -0.15) is 0 Å². The molecule has 0 aromatic heterocycles. The van der Waals surface area contributed by atoms with Crippen LogP contribution in [-0.2, 0) is 0 Å². The topological polar surface area (TPSA) is 78.6 Å². The van der Waals surface area contributed by atoms with E-state index >= 15 is 0 Å². The number of benzene rings is 1. The van der Waals surface area contributed by atoms with Crippen molar-refractivity contribution in [2.45, 2.75) is 44.9 Å². The summed E-state index contributed by atoms with van der Waals surface area (Å²) >= 11 is 3.12. The molecule has 0 radical (unpaired) electrons. The zero-order valence-corrected chi connectivity index (χ0v) is 15.7. The van der Waals surface area contributed by atoms with Gasteiger partial charge in [-0.05, 0) is 73.7 Å². The molecule has 5 rings (SSSR count). The van der Waals surface area contributed by atoms with Crippen LogP contribution in [0.4, 0.5) is 5.69 Å².